The molecule has 0 aromatic rings. The first-order valence-electron chi connectivity index (χ1n) is 6.28. The predicted molar refractivity (Wildman–Crippen MR) is 72.2 cm³/mol. The van der Waals surface area contributed by atoms with Gasteiger partial charge in [0, 0.05) is 18.7 Å². The van der Waals surface area contributed by atoms with Gasteiger partial charge in [-0.15, -0.1) is 0 Å². The minimum atomic E-state index is -0.830. The maximum atomic E-state index is 12.0. The Labute approximate surface area is 113 Å². The largest absolute Gasteiger partial charge is 0.511 e. The summed E-state index contributed by atoms with van der Waals surface area (Å²) in [6.07, 6.45) is 1.53. The third-order valence-corrected chi connectivity index (χ3v) is 3.19. The highest BCUT2D eigenvalue weighted by Crippen LogP contribution is 2.41. The van der Waals surface area contributed by atoms with Crippen LogP contribution in [0.2, 0.25) is 0 Å². The van der Waals surface area contributed by atoms with Crippen molar-refractivity contribution in [3.05, 3.63) is 11.3 Å². The zero-order valence-electron chi connectivity index (χ0n) is 12.1. The molecule has 5 nitrogen and oxygen atoms in total. The van der Waals surface area contributed by atoms with Crippen molar-refractivity contribution in [1.82, 2.24) is 0 Å². The van der Waals surface area contributed by atoms with Crippen molar-refractivity contribution in [3.63, 3.8) is 0 Å². The Hall–Kier alpha value is -1.65. The number of rotatable bonds is 3. The number of methoxy groups -OCH3 is 1. The second kappa shape index (κ2) is 5.55. The number of hydrogen-bond donors (Lipinski definition) is 1. The first-order chi connectivity index (χ1) is 8.70. The van der Waals surface area contributed by atoms with Gasteiger partial charge in [0.15, 0.2) is 5.78 Å². The van der Waals surface area contributed by atoms with Crippen LogP contribution in [0.5, 0.6) is 0 Å². The van der Waals surface area contributed by atoms with Gasteiger partial charge < -0.3 is 9.84 Å². The smallest absolute Gasteiger partial charge is 0.316 e. The lowest BCUT2D eigenvalue weighted by Crippen LogP contribution is -2.40. The second-order valence-corrected chi connectivity index (χ2v) is 5.72. The molecule has 19 heavy (non-hydrogen) atoms. The molecule has 0 heterocycles. The van der Waals surface area contributed by atoms with E-state index in [9.17, 15) is 14.7 Å². The van der Waals surface area contributed by atoms with Crippen LogP contribution in [0.1, 0.15) is 34.1 Å². The van der Waals surface area contributed by atoms with Crippen LogP contribution in [0, 0.1) is 11.3 Å². The van der Waals surface area contributed by atoms with Crippen LogP contribution >= 0.6 is 0 Å². The number of Topliss-reactive ketones (excluding diaryl/α,β-unsaturated/α-hetero) is 1. The van der Waals surface area contributed by atoms with Gasteiger partial charge in [-0.25, -0.2) is 0 Å². The molecule has 0 saturated heterocycles. The Morgan fingerprint density at radius 1 is 1.53 bits per heavy atom. The number of nitrogens with zero attached hydrogens (tertiary/aromatic N) is 1. The lowest BCUT2D eigenvalue weighted by atomic mass is 9.68. The van der Waals surface area contributed by atoms with E-state index in [4.69, 9.17) is 4.74 Å². The number of carbonyl (C=O) groups is 2. The molecule has 0 saturated carbocycles. The quantitative estimate of drug-likeness (QED) is 0.627. The summed E-state index contributed by atoms with van der Waals surface area (Å²) in [6.45, 7) is 7.25. The average molecular weight is 267 g/mol. The summed E-state index contributed by atoms with van der Waals surface area (Å²) in [5.74, 6) is -1.81. The van der Waals surface area contributed by atoms with Crippen molar-refractivity contribution in [1.29, 1.82) is 0 Å². The second-order valence-electron chi connectivity index (χ2n) is 5.72. The first kappa shape index (κ1) is 15.4. The SMILES string of the molecule is COC(=O)[C@@H]1C(O)=C(C=NC(C)C)C(=O)CC1(C)C. The molecule has 1 N–H and O–H groups in total. The van der Waals surface area contributed by atoms with Crippen LogP contribution in [0.4, 0.5) is 0 Å². The van der Waals surface area contributed by atoms with E-state index in [2.05, 4.69) is 4.99 Å². The number of aliphatic hydroxyl groups excluding tert-OH is 1. The fraction of sp³-hybridized carbons (Fsp3) is 0.643. The number of allylic oxidation sites excluding steroid dienone is 1. The molecular formula is C14H21NO4. The Morgan fingerprint density at radius 2 is 2.11 bits per heavy atom. The van der Waals surface area contributed by atoms with Gasteiger partial charge in [0.1, 0.15) is 11.7 Å². The van der Waals surface area contributed by atoms with Crippen LogP contribution in [0.25, 0.3) is 0 Å². The summed E-state index contributed by atoms with van der Waals surface area (Å²) in [7, 11) is 1.27. The molecule has 1 atom stereocenters. The Morgan fingerprint density at radius 3 is 2.58 bits per heavy atom. The minimum Gasteiger partial charge on any atom is -0.511 e. The normalized spacial score (nSPS) is 23.3. The highest BCUT2D eigenvalue weighted by Gasteiger charge is 2.46. The van der Waals surface area contributed by atoms with Crippen molar-refractivity contribution in [2.75, 3.05) is 7.11 Å². The van der Waals surface area contributed by atoms with E-state index in [-0.39, 0.29) is 29.6 Å². The highest BCUT2D eigenvalue weighted by molar-refractivity contribution is 6.15. The first-order valence-corrected chi connectivity index (χ1v) is 6.28. The molecule has 1 rings (SSSR count). The molecular weight excluding hydrogens is 246 g/mol. The molecule has 0 aromatic carbocycles. The maximum absolute atomic E-state index is 12.0. The molecule has 0 unspecified atom stereocenters. The standard InChI is InChI=1S/C14H21NO4/c1-8(2)15-7-9-10(16)6-14(3,4)11(12(9)17)13(18)19-5/h7-8,11,17H,6H2,1-5H3/t11-/m0/s1. The van der Waals surface area contributed by atoms with Crippen molar-refractivity contribution in [3.8, 4) is 0 Å². The zero-order valence-corrected chi connectivity index (χ0v) is 12.1. The molecule has 0 aliphatic heterocycles. The fourth-order valence-corrected chi connectivity index (χ4v) is 2.19. The van der Waals surface area contributed by atoms with Crippen LogP contribution < -0.4 is 0 Å². The molecule has 0 amide bonds. The van der Waals surface area contributed by atoms with Crippen molar-refractivity contribution >= 4 is 18.0 Å². The van der Waals surface area contributed by atoms with Gasteiger partial charge in [-0.3, -0.25) is 14.6 Å². The van der Waals surface area contributed by atoms with Gasteiger partial charge in [0.05, 0.1) is 12.7 Å². The van der Waals surface area contributed by atoms with Crippen LogP contribution in [0.3, 0.4) is 0 Å². The summed E-state index contributed by atoms with van der Waals surface area (Å²) in [5.41, 5.74) is -0.549. The molecule has 5 heteroatoms. The van der Waals surface area contributed by atoms with Crippen LogP contribution in [-0.4, -0.2) is 36.2 Å². The van der Waals surface area contributed by atoms with Gasteiger partial charge in [-0.05, 0) is 19.3 Å². The Balaban J connectivity index is 3.27. The van der Waals surface area contributed by atoms with E-state index in [0.717, 1.165) is 0 Å². The lowest BCUT2D eigenvalue weighted by molar-refractivity contribution is -0.150. The van der Waals surface area contributed by atoms with Crippen LogP contribution in [0.15, 0.2) is 16.3 Å². The summed E-state index contributed by atoms with van der Waals surface area (Å²) >= 11 is 0. The Bertz CT molecular complexity index is 446. The van der Waals surface area contributed by atoms with E-state index in [0.29, 0.717) is 0 Å². The average Bonchev–Trinajstić information content (AvgIpc) is 2.26. The molecule has 1 aliphatic rings. The fourth-order valence-electron chi connectivity index (χ4n) is 2.19. The number of esters is 1. The number of ketones is 1. The molecule has 0 radical (unpaired) electrons. The molecule has 0 fully saturated rings. The summed E-state index contributed by atoms with van der Waals surface area (Å²) in [6, 6.07) is 0.0135. The van der Waals surface area contributed by atoms with Crippen molar-refractivity contribution in [2.24, 2.45) is 16.3 Å². The van der Waals surface area contributed by atoms with Gasteiger partial charge in [0.2, 0.25) is 0 Å². The highest BCUT2D eigenvalue weighted by atomic mass is 16.5. The number of hydrogen-bond acceptors (Lipinski definition) is 5. The van der Waals surface area contributed by atoms with Crippen molar-refractivity contribution in [2.45, 2.75) is 40.2 Å². The van der Waals surface area contributed by atoms with E-state index in [1.807, 2.05) is 13.8 Å². The molecule has 0 bridgehead atoms. The van der Waals surface area contributed by atoms with Gasteiger partial charge in [-0.1, -0.05) is 13.8 Å². The number of ether oxygens (including phenoxy) is 1. The maximum Gasteiger partial charge on any atom is 0.316 e. The topological polar surface area (TPSA) is 76.0 Å². The summed E-state index contributed by atoms with van der Waals surface area (Å²) in [5, 5.41) is 10.2. The Kier molecular flexibility index (Phi) is 4.50. The van der Waals surface area contributed by atoms with E-state index in [1.54, 1.807) is 13.8 Å². The van der Waals surface area contributed by atoms with E-state index < -0.39 is 17.3 Å². The number of aliphatic hydroxyl groups is 1. The van der Waals surface area contributed by atoms with Crippen LogP contribution in [-0.2, 0) is 14.3 Å². The van der Waals surface area contributed by atoms with Gasteiger partial charge in [-0.2, -0.15) is 0 Å². The lowest BCUT2D eigenvalue weighted by Gasteiger charge is -2.35. The van der Waals surface area contributed by atoms with Crippen molar-refractivity contribution < 1.29 is 19.4 Å². The third-order valence-electron chi connectivity index (χ3n) is 3.19. The summed E-state index contributed by atoms with van der Waals surface area (Å²) < 4.78 is 4.72. The number of aliphatic imine (C=N–C) groups is 1. The zero-order chi connectivity index (χ0) is 14.8. The van der Waals surface area contributed by atoms with Gasteiger partial charge in [0.25, 0.3) is 0 Å². The monoisotopic (exact) mass is 267 g/mol. The number of carbonyl (C=O) groups excluding carboxylic acids is 2. The third kappa shape index (κ3) is 3.22. The molecule has 106 valence electrons. The van der Waals surface area contributed by atoms with Gasteiger partial charge >= 0.3 is 5.97 Å². The summed E-state index contributed by atoms with van der Waals surface area (Å²) in [4.78, 5) is 27.9. The van der Waals surface area contributed by atoms with E-state index in [1.165, 1.54) is 13.3 Å². The molecule has 1 aliphatic carbocycles. The molecule has 0 aromatic heterocycles. The van der Waals surface area contributed by atoms with E-state index >= 15 is 0 Å². The minimum absolute atomic E-state index is 0.0135. The molecule has 0 spiro atoms. The predicted octanol–water partition coefficient (Wildman–Crippen LogP) is 2.07.